The van der Waals surface area contributed by atoms with Crippen LogP contribution in [0, 0.1) is 0 Å². The van der Waals surface area contributed by atoms with Crippen LogP contribution in [-0.4, -0.2) is 26.7 Å². The van der Waals surface area contributed by atoms with Crippen LogP contribution >= 0.6 is 11.8 Å². The molecule has 0 bridgehead atoms. The van der Waals surface area contributed by atoms with Crippen molar-refractivity contribution in [2.45, 2.75) is 9.79 Å². The predicted octanol–water partition coefficient (Wildman–Crippen LogP) is 2.22. The fourth-order valence-corrected chi connectivity index (χ4v) is 2.46. The summed E-state index contributed by atoms with van der Waals surface area (Å²) in [6.07, 6.45) is 9.30. The molecule has 3 rings (SSSR count). The van der Waals surface area contributed by atoms with E-state index in [1.807, 2.05) is 29.1 Å². The summed E-state index contributed by atoms with van der Waals surface area (Å²) in [5, 5.41) is 6.71. The number of hydrogen-bond donors (Lipinski definition) is 1. The van der Waals surface area contributed by atoms with Gasteiger partial charge in [-0.15, -0.1) is 0 Å². The molecule has 0 fully saturated rings. The molecule has 5 nitrogen and oxygen atoms in total. The molecule has 0 atom stereocenters. The number of nitrogens with zero attached hydrogens (tertiary/aromatic N) is 3. The molecule has 86 valence electrons. The van der Waals surface area contributed by atoms with Gasteiger partial charge < -0.3 is 9.14 Å². The van der Waals surface area contributed by atoms with Crippen LogP contribution in [0.2, 0.25) is 0 Å². The van der Waals surface area contributed by atoms with Gasteiger partial charge >= 0.3 is 0 Å². The summed E-state index contributed by atoms with van der Waals surface area (Å²) in [7, 11) is 1.66. The number of fused-ring (bicyclic) bond motifs is 1. The number of pyridine rings is 1. The van der Waals surface area contributed by atoms with Crippen LogP contribution < -0.4 is 4.74 Å². The molecular formula is C11H10N4OS. The van der Waals surface area contributed by atoms with Gasteiger partial charge in [-0.05, 0) is 0 Å². The van der Waals surface area contributed by atoms with Crippen LogP contribution in [-0.2, 0) is 0 Å². The topological polar surface area (TPSA) is 55.2 Å². The third-order valence-corrected chi connectivity index (χ3v) is 3.36. The van der Waals surface area contributed by atoms with Crippen LogP contribution in [0.15, 0.2) is 46.8 Å². The fourth-order valence-electron chi connectivity index (χ4n) is 1.58. The predicted molar refractivity (Wildman–Crippen MR) is 64.5 cm³/mol. The van der Waals surface area contributed by atoms with E-state index >= 15 is 0 Å². The Hall–Kier alpha value is -1.95. The number of H-pyrrole nitrogens is 1. The van der Waals surface area contributed by atoms with Crippen LogP contribution in [0.25, 0.3) is 5.65 Å². The van der Waals surface area contributed by atoms with Crippen molar-refractivity contribution < 1.29 is 4.74 Å². The van der Waals surface area contributed by atoms with Crippen molar-refractivity contribution in [3.05, 3.63) is 37.1 Å². The Bertz CT molecular complexity index is 632. The summed E-state index contributed by atoms with van der Waals surface area (Å²) < 4.78 is 7.33. The lowest BCUT2D eigenvalue weighted by molar-refractivity contribution is 0.404. The summed E-state index contributed by atoms with van der Waals surface area (Å²) >= 11 is 1.60. The van der Waals surface area contributed by atoms with Gasteiger partial charge in [0.05, 0.1) is 23.1 Å². The van der Waals surface area contributed by atoms with Crippen LogP contribution in [0.1, 0.15) is 0 Å². The van der Waals surface area contributed by atoms with E-state index in [0.29, 0.717) is 0 Å². The second kappa shape index (κ2) is 4.14. The minimum atomic E-state index is 0.815. The van der Waals surface area contributed by atoms with Crippen molar-refractivity contribution >= 4 is 17.4 Å². The molecule has 0 amide bonds. The maximum absolute atomic E-state index is 5.37. The maximum Gasteiger partial charge on any atom is 0.140 e. The lowest BCUT2D eigenvalue weighted by Crippen LogP contribution is -1.91. The molecule has 0 saturated heterocycles. The smallest absolute Gasteiger partial charge is 0.140 e. The third-order valence-electron chi connectivity index (χ3n) is 2.38. The van der Waals surface area contributed by atoms with Gasteiger partial charge in [0.25, 0.3) is 0 Å². The van der Waals surface area contributed by atoms with Gasteiger partial charge in [-0.3, -0.25) is 5.10 Å². The molecule has 0 aliphatic heterocycles. The summed E-state index contributed by atoms with van der Waals surface area (Å²) in [4.78, 5) is 6.29. The second-order valence-corrected chi connectivity index (χ2v) is 4.55. The molecule has 0 aromatic carbocycles. The molecule has 0 unspecified atom stereocenters. The molecule has 17 heavy (non-hydrogen) atoms. The standard InChI is InChI=1S/C11H10N4OS/c1-16-9-4-11-12-2-3-15(11)7-10(9)17-8-5-13-14-6-8/h2-7H,1H3,(H,13,14). The fraction of sp³-hybridized carbons (Fsp3) is 0.0909. The number of aromatic amines is 1. The van der Waals surface area contributed by atoms with Gasteiger partial charge in [0, 0.05) is 30.9 Å². The zero-order valence-corrected chi connectivity index (χ0v) is 9.94. The molecular weight excluding hydrogens is 236 g/mol. The van der Waals surface area contributed by atoms with E-state index in [-0.39, 0.29) is 0 Å². The quantitative estimate of drug-likeness (QED) is 0.770. The van der Waals surface area contributed by atoms with Gasteiger partial charge in [0.15, 0.2) is 0 Å². The first kappa shape index (κ1) is 10.2. The molecule has 0 spiro atoms. The molecule has 3 aromatic heterocycles. The van der Waals surface area contributed by atoms with E-state index < -0.39 is 0 Å². The highest BCUT2D eigenvalue weighted by Crippen LogP contribution is 2.34. The van der Waals surface area contributed by atoms with E-state index in [4.69, 9.17) is 4.74 Å². The molecule has 0 aliphatic rings. The van der Waals surface area contributed by atoms with E-state index in [1.54, 1.807) is 31.3 Å². The monoisotopic (exact) mass is 246 g/mol. The highest BCUT2D eigenvalue weighted by Gasteiger charge is 2.08. The molecule has 3 heterocycles. The third kappa shape index (κ3) is 1.87. The Labute approximate surface area is 102 Å². The number of hydrogen-bond acceptors (Lipinski definition) is 4. The minimum absolute atomic E-state index is 0.815. The molecule has 1 N–H and O–H groups in total. The summed E-state index contributed by atoms with van der Waals surface area (Å²) in [6, 6.07) is 1.92. The lowest BCUT2D eigenvalue weighted by atomic mass is 10.4. The zero-order chi connectivity index (χ0) is 11.7. The highest BCUT2D eigenvalue weighted by atomic mass is 32.2. The molecule has 0 saturated carbocycles. The Morgan fingerprint density at radius 2 is 2.41 bits per heavy atom. The summed E-state index contributed by atoms with van der Waals surface area (Å²) in [6.45, 7) is 0. The first-order valence-electron chi connectivity index (χ1n) is 5.04. The first-order chi connectivity index (χ1) is 8.36. The Balaban J connectivity index is 2.06. The Kier molecular flexibility index (Phi) is 2.49. The van der Waals surface area contributed by atoms with Crippen molar-refractivity contribution in [3.63, 3.8) is 0 Å². The van der Waals surface area contributed by atoms with Crippen LogP contribution in [0.4, 0.5) is 0 Å². The molecule has 0 radical (unpaired) electrons. The van der Waals surface area contributed by atoms with Crippen molar-refractivity contribution in [3.8, 4) is 5.75 Å². The Morgan fingerprint density at radius 3 is 3.18 bits per heavy atom. The number of aromatic nitrogens is 4. The first-order valence-corrected chi connectivity index (χ1v) is 5.86. The van der Waals surface area contributed by atoms with E-state index in [0.717, 1.165) is 21.2 Å². The molecule has 3 aromatic rings. The van der Waals surface area contributed by atoms with E-state index in [2.05, 4.69) is 15.2 Å². The number of nitrogens with one attached hydrogen (secondary N) is 1. The lowest BCUT2D eigenvalue weighted by Gasteiger charge is -2.07. The van der Waals surface area contributed by atoms with Crippen molar-refractivity contribution in [2.75, 3.05) is 7.11 Å². The van der Waals surface area contributed by atoms with Gasteiger partial charge in [-0.25, -0.2) is 4.98 Å². The number of methoxy groups -OCH3 is 1. The van der Waals surface area contributed by atoms with Crippen molar-refractivity contribution in [1.82, 2.24) is 19.6 Å². The number of imidazole rings is 1. The van der Waals surface area contributed by atoms with Gasteiger partial charge in [-0.1, -0.05) is 11.8 Å². The van der Waals surface area contributed by atoms with Gasteiger partial charge in [0.1, 0.15) is 11.4 Å². The van der Waals surface area contributed by atoms with Gasteiger partial charge in [-0.2, -0.15) is 5.10 Å². The summed E-state index contributed by atoms with van der Waals surface area (Å²) in [5.74, 6) is 0.815. The molecule has 6 heteroatoms. The van der Waals surface area contributed by atoms with Crippen LogP contribution in [0.3, 0.4) is 0 Å². The van der Waals surface area contributed by atoms with E-state index in [9.17, 15) is 0 Å². The second-order valence-electron chi connectivity index (χ2n) is 3.43. The minimum Gasteiger partial charge on any atom is -0.495 e. The normalized spacial score (nSPS) is 10.9. The van der Waals surface area contributed by atoms with Crippen molar-refractivity contribution in [2.24, 2.45) is 0 Å². The number of ether oxygens (including phenoxy) is 1. The van der Waals surface area contributed by atoms with Crippen LogP contribution in [0.5, 0.6) is 5.75 Å². The average molecular weight is 246 g/mol. The maximum atomic E-state index is 5.37. The average Bonchev–Trinajstić information content (AvgIpc) is 2.98. The SMILES string of the molecule is COc1cc2nccn2cc1Sc1cn[nH]c1. The highest BCUT2D eigenvalue weighted by molar-refractivity contribution is 7.99. The summed E-state index contributed by atoms with van der Waals surface area (Å²) in [5.41, 5.74) is 0.874. The zero-order valence-electron chi connectivity index (χ0n) is 9.12. The molecule has 0 aliphatic carbocycles. The number of rotatable bonds is 3. The van der Waals surface area contributed by atoms with Gasteiger partial charge in [0.2, 0.25) is 0 Å². The largest absolute Gasteiger partial charge is 0.495 e. The van der Waals surface area contributed by atoms with E-state index in [1.165, 1.54) is 0 Å². The Morgan fingerprint density at radius 1 is 1.47 bits per heavy atom. The van der Waals surface area contributed by atoms with Crippen molar-refractivity contribution in [1.29, 1.82) is 0 Å².